The Morgan fingerprint density at radius 1 is 1.09 bits per heavy atom. The first-order valence-electron chi connectivity index (χ1n) is 7.14. The van der Waals surface area contributed by atoms with Crippen LogP contribution in [0.5, 0.6) is 0 Å². The van der Waals surface area contributed by atoms with Gasteiger partial charge in [-0.25, -0.2) is 0 Å². The second-order valence-corrected chi connectivity index (χ2v) is 6.23. The predicted octanol–water partition coefficient (Wildman–Crippen LogP) is 4.37. The van der Waals surface area contributed by atoms with Gasteiger partial charge in [-0.15, -0.1) is 0 Å². The minimum Gasteiger partial charge on any atom is -0.481 e. The first kappa shape index (κ1) is 15.5. The first-order valence-corrected chi connectivity index (χ1v) is 7.93. The van der Waals surface area contributed by atoms with E-state index in [9.17, 15) is 14.7 Å². The Bertz CT molecular complexity index is 867. The van der Waals surface area contributed by atoms with Gasteiger partial charge in [0.2, 0.25) is 0 Å². The van der Waals surface area contributed by atoms with Crippen molar-refractivity contribution in [2.75, 3.05) is 0 Å². The summed E-state index contributed by atoms with van der Waals surface area (Å²) in [5, 5.41) is 10.4. The van der Waals surface area contributed by atoms with E-state index >= 15 is 0 Å². The summed E-state index contributed by atoms with van der Waals surface area (Å²) >= 11 is 3.32. The number of carboxylic acids is 1. The zero-order valence-corrected chi connectivity index (χ0v) is 13.7. The molecule has 0 saturated carbocycles. The van der Waals surface area contributed by atoms with Gasteiger partial charge in [0, 0.05) is 33.6 Å². The normalized spacial score (nSPS) is 12.2. The molecule has 0 radical (unpaired) electrons. The Morgan fingerprint density at radius 3 is 2.48 bits per heavy atom. The number of hydrogen-bond donors (Lipinski definition) is 2. The first-order chi connectivity index (χ1) is 11.1. The standard InChI is InChI=1S/C18H14BrNO3/c19-12-7-5-11(6-8-12)17(21)9-14(18(22)23)15-10-20-16-4-2-1-3-13(15)16/h1-8,10,14,20H,9H2,(H,22,23)/t14-/m1/s1. The van der Waals surface area contributed by atoms with Crippen molar-refractivity contribution in [1.82, 2.24) is 4.98 Å². The van der Waals surface area contributed by atoms with E-state index in [-0.39, 0.29) is 12.2 Å². The average Bonchev–Trinajstić information content (AvgIpc) is 2.96. The van der Waals surface area contributed by atoms with Crippen LogP contribution in [-0.4, -0.2) is 21.8 Å². The van der Waals surface area contributed by atoms with Crippen molar-refractivity contribution in [3.05, 3.63) is 70.3 Å². The van der Waals surface area contributed by atoms with Gasteiger partial charge in [0.25, 0.3) is 0 Å². The molecule has 1 aromatic heterocycles. The number of aromatic nitrogens is 1. The van der Waals surface area contributed by atoms with Crippen LogP contribution in [0.4, 0.5) is 0 Å². The lowest BCUT2D eigenvalue weighted by atomic mass is 9.91. The molecule has 1 atom stereocenters. The molecule has 116 valence electrons. The molecule has 0 bridgehead atoms. The number of ketones is 1. The number of carbonyl (C=O) groups is 2. The molecule has 2 aromatic carbocycles. The summed E-state index contributed by atoms with van der Waals surface area (Å²) in [7, 11) is 0. The van der Waals surface area contributed by atoms with E-state index in [1.54, 1.807) is 30.5 Å². The number of aliphatic carboxylic acids is 1. The molecule has 3 aromatic rings. The summed E-state index contributed by atoms with van der Waals surface area (Å²) in [6.07, 6.45) is 1.61. The monoisotopic (exact) mass is 371 g/mol. The zero-order chi connectivity index (χ0) is 16.4. The van der Waals surface area contributed by atoms with E-state index in [1.165, 1.54) is 0 Å². The summed E-state index contributed by atoms with van der Waals surface area (Å²) in [4.78, 5) is 27.2. The van der Waals surface area contributed by atoms with E-state index in [1.807, 2.05) is 24.3 Å². The summed E-state index contributed by atoms with van der Waals surface area (Å²) < 4.78 is 0.875. The van der Waals surface area contributed by atoms with Gasteiger partial charge in [0.05, 0.1) is 5.92 Å². The minimum absolute atomic E-state index is 0.0706. The third-order valence-electron chi connectivity index (χ3n) is 3.85. The van der Waals surface area contributed by atoms with E-state index < -0.39 is 11.9 Å². The number of aromatic amines is 1. The average molecular weight is 372 g/mol. The minimum atomic E-state index is -1.000. The molecule has 5 heteroatoms. The van der Waals surface area contributed by atoms with Crippen molar-refractivity contribution in [2.45, 2.75) is 12.3 Å². The van der Waals surface area contributed by atoms with Crippen molar-refractivity contribution in [3.8, 4) is 0 Å². The number of nitrogens with one attached hydrogen (secondary N) is 1. The molecule has 23 heavy (non-hydrogen) atoms. The van der Waals surface area contributed by atoms with Crippen LogP contribution in [0.25, 0.3) is 10.9 Å². The number of hydrogen-bond acceptors (Lipinski definition) is 2. The quantitative estimate of drug-likeness (QED) is 0.654. The Balaban J connectivity index is 1.92. The molecule has 0 spiro atoms. The lowest BCUT2D eigenvalue weighted by Crippen LogP contribution is -2.16. The number of Topliss-reactive ketones (excluding diaryl/α,β-unsaturated/α-hetero) is 1. The number of para-hydroxylation sites is 1. The highest BCUT2D eigenvalue weighted by atomic mass is 79.9. The molecule has 3 rings (SSSR count). The maximum Gasteiger partial charge on any atom is 0.311 e. The zero-order valence-electron chi connectivity index (χ0n) is 12.1. The van der Waals surface area contributed by atoms with E-state index in [2.05, 4.69) is 20.9 Å². The highest BCUT2D eigenvalue weighted by Crippen LogP contribution is 2.29. The number of carboxylic acid groups (broad SMARTS) is 1. The van der Waals surface area contributed by atoms with Crippen LogP contribution in [0.3, 0.4) is 0 Å². The molecule has 1 heterocycles. The van der Waals surface area contributed by atoms with Crippen LogP contribution in [0.15, 0.2) is 59.2 Å². The van der Waals surface area contributed by atoms with Gasteiger partial charge in [0.1, 0.15) is 0 Å². The number of benzene rings is 2. The fourth-order valence-electron chi connectivity index (χ4n) is 2.65. The van der Waals surface area contributed by atoms with Crippen LogP contribution in [0.2, 0.25) is 0 Å². The lowest BCUT2D eigenvalue weighted by molar-refractivity contribution is -0.138. The molecule has 0 amide bonds. The molecule has 0 aliphatic carbocycles. The predicted molar refractivity (Wildman–Crippen MR) is 91.8 cm³/mol. The molecule has 4 nitrogen and oxygen atoms in total. The Labute approximate surface area is 141 Å². The fraction of sp³-hybridized carbons (Fsp3) is 0.111. The maximum atomic E-state index is 12.4. The number of fused-ring (bicyclic) bond motifs is 1. The molecular weight excluding hydrogens is 358 g/mol. The molecule has 0 unspecified atom stereocenters. The van der Waals surface area contributed by atoms with Gasteiger partial charge < -0.3 is 10.1 Å². The van der Waals surface area contributed by atoms with Gasteiger partial charge in [-0.3, -0.25) is 9.59 Å². The van der Waals surface area contributed by atoms with Crippen molar-refractivity contribution in [1.29, 1.82) is 0 Å². The van der Waals surface area contributed by atoms with E-state index in [0.29, 0.717) is 11.1 Å². The third-order valence-corrected chi connectivity index (χ3v) is 4.38. The van der Waals surface area contributed by atoms with Crippen molar-refractivity contribution in [2.24, 2.45) is 0 Å². The van der Waals surface area contributed by atoms with Gasteiger partial charge in [-0.2, -0.15) is 0 Å². The molecule has 0 fully saturated rings. The van der Waals surface area contributed by atoms with E-state index in [4.69, 9.17) is 0 Å². The summed E-state index contributed by atoms with van der Waals surface area (Å²) in [5.74, 6) is -2.06. The van der Waals surface area contributed by atoms with Crippen molar-refractivity contribution >= 4 is 38.6 Å². The van der Waals surface area contributed by atoms with Gasteiger partial charge in [-0.1, -0.05) is 46.3 Å². The Morgan fingerprint density at radius 2 is 1.78 bits per heavy atom. The van der Waals surface area contributed by atoms with Crippen LogP contribution >= 0.6 is 15.9 Å². The van der Waals surface area contributed by atoms with Crippen molar-refractivity contribution < 1.29 is 14.7 Å². The van der Waals surface area contributed by atoms with Crippen LogP contribution in [-0.2, 0) is 4.79 Å². The maximum absolute atomic E-state index is 12.4. The second kappa shape index (κ2) is 6.38. The van der Waals surface area contributed by atoms with Crippen molar-refractivity contribution in [3.63, 3.8) is 0 Å². The molecular formula is C18H14BrNO3. The Kier molecular flexibility index (Phi) is 4.30. The van der Waals surface area contributed by atoms with Crippen LogP contribution in [0, 0.1) is 0 Å². The topological polar surface area (TPSA) is 70.2 Å². The summed E-state index contributed by atoms with van der Waals surface area (Å²) in [5.41, 5.74) is 2.02. The molecule has 0 aliphatic heterocycles. The highest BCUT2D eigenvalue weighted by Gasteiger charge is 2.26. The largest absolute Gasteiger partial charge is 0.481 e. The van der Waals surface area contributed by atoms with Gasteiger partial charge in [-0.05, 0) is 23.8 Å². The fourth-order valence-corrected chi connectivity index (χ4v) is 2.92. The van der Waals surface area contributed by atoms with Gasteiger partial charge in [0.15, 0.2) is 5.78 Å². The second-order valence-electron chi connectivity index (χ2n) is 5.31. The molecule has 0 saturated heterocycles. The van der Waals surface area contributed by atoms with Gasteiger partial charge >= 0.3 is 5.97 Å². The number of halogens is 1. The lowest BCUT2D eigenvalue weighted by Gasteiger charge is -2.11. The number of H-pyrrole nitrogens is 1. The molecule has 0 aliphatic rings. The highest BCUT2D eigenvalue weighted by molar-refractivity contribution is 9.10. The summed E-state index contributed by atoms with van der Waals surface area (Å²) in [6.45, 7) is 0. The number of rotatable bonds is 5. The number of carbonyl (C=O) groups excluding carboxylic acids is 1. The van der Waals surface area contributed by atoms with Crippen LogP contribution in [0.1, 0.15) is 28.3 Å². The summed E-state index contributed by atoms with van der Waals surface area (Å²) in [6, 6.07) is 14.4. The van der Waals surface area contributed by atoms with Crippen LogP contribution < -0.4 is 0 Å². The smallest absolute Gasteiger partial charge is 0.311 e. The Hall–Kier alpha value is -2.40. The SMILES string of the molecule is O=C(C[C@@H](C(=O)O)c1c[nH]c2ccccc12)c1ccc(Br)cc1. The molecule has 2 N–H and O–H groups in total. The third kappa shape index (κ3) is 3.19. The van der Waals surface area contributed by atoms with E-state index in [0.717, 1.165) is 15.4 Å².